The number of nitrogens with two attached hydrogens (primary N) is 1. The summed E-state index contributed by atoms with van der Waals surface area (Å²) in [5, 5.41) is 0. The summed E-state index contributed by atoms with van der Waals surface area (Å²) in [7, 11) is 0. The van der Waals surface area contributed by atoms with Gasteiger partial charge in [-0.25, -0.2) is 0 Å². The molecule has 2 aliphatic rings. The van der Waals surface area contributed by atoms with Crippen LogP contribution in [0.1, 0.15) is 33.1 Å². The molecular formula is C12H22N2O2. The Morgan fingerprint density at radius 1 is 1.25 bits per heavy atom. The lowest BCUT2D eigenvalue weighted by atomic mass is 10.0. The SMILES string of the molecule is C[C@@H]1CN(C(=O)C2CCC(N)C2)C[C@H](C)O1. The van der Waals surface area contributed by atoms with Gasteiger partial charge in [0.15, 0.2) is 0 Å². The lowest BCUT2D eigenvalue weighted by Crippen LogP contribution is -2.49. The third kappa shape index (κ3) is 2.55. The summed E-state index contributed by atoms with van der Waals surface area (Å²) >= 11 is 0. The van der Waals surface area contributed by atoms with Gasteiger partial charge >= 0.3 is 0 Å². The van der Waals surface area contributed by atoms with Crippen LogP contribution in [0, 0.1) is 5.92 Å². The van der Waals surface area contributed by atoms with Crippen molar-refractivity contribution in [2.75, 3.05) is 13.1 Å². The van der Waals surface area contributed by atoms with Crippen molar-refractivity contribution >= 4 is 5.91 Å². The summed E-state index contributed by atoms with van der Waals surface area (Å²) in [6.07, 6.45) is 3.12. The molecule has 1 amide bonds. The number of rotatable bonds is 1. The maximum Gasteiger partial charge on any atom is 0.225 e. The second-order valence-corrected chi connectivity index (χ2v) is 5.27. The summed E-state index contributed by atoms with van der Waals surface area (Å²) in [6, 6.07) is 0.227. The van der Waals surface area contributed by atoms with Crippen LogP contribution in [-0.2, 0) is 9.53 Å². The van der Waals surface area contributed by atoms with Gasteiger partial charge in [0.1, 0.15) is 0 Å². The molecule has 4 heteroatoms. The molecule has 2 N–H and O–H groups in total. The smallest absolute Gasteiger partial charge is 0.225 e. The Kier molecular flexibility index (Phi) is 3.50. The number of carbonyl (C=O) groups excluding carboxylic acids is 1. The van der Waals surface area contributed by atoms with Gasteiger partial charge in [-0.15, -0.1) is 0 Å². The monoisotopic (exact) mass is 226 g/mol. The van der Waals surface area contributed by atoms with E-state index in [4.69, 9.17) is 10.5 Å². The van der Waals surface area contributed by atoms with Crippen molar-refractivity contribution in [3.8, 4) is 0 Å². The van der Waals surface area contributed by atoms with E-state index in [2.05, 4.69) is 0 Å². The van der Waals surface area contributed by atoms with Gasteiger partial charge in [0.25, 0.3) is 0 Å². The zero-order valence-electron chi connectivity index (χ0n) is 10.2. The highest BCUT2D eigenvalue weighted by Gasteiger charge is 2.34. The van der Waals surface area contributed by atoms with E-state index >= 15 is 0 Å². The Labute approximate surface area is 97.1 Å². The first kappa shape index (κ1) is 11.9. The Morgan fingerprint density at radius 2 is 1.88 bits per heavy atom. The van der Waals surface area contributed by atoms with Crippen molar-refractivity contribution < 1.29 is 9.53 Å². The summed E-state index contributed by atoms with van der Waals surface area (Å²) in [5.41, 5.74) is 5.85. The number of ether oxygens (including phenoxy) is 1. The van der Waals surface area contributed by atoms with Gasteiger partial charge in [0.2, 0.25) is 5.91 Å². The minimum Gasteiger partial charge on any atom is -0.372 e. The van der Waals surface area contributed by atoms with Crippen molar-refractivity contribution in [1.82, 2.24) is 4.90 Å². The summed E-state index contributed by atoms with van der Waals surface area (Å²) in [6.45, 7) is 5.51. The van der Waals surface area contributed by atoms with Gasteiger partial charge in [-0.3, -0.25) is 4.79 Å². The van der Waals surface area contributed by atoms with E-state index in [0.717, 1.165) is 32.4 Å². The van der Waals surface area contributed by atoms with Gasteiger partial charge in [-0.2, -0.15) is 0 Å². The van der Waals surface area contributed by atoms with Crippen LogP contribution in [-0.4, -0.2) is 42.1 Å². The summed E-state index contributed by atoms with van der Waals surface area (Å²) in [5.74, 6) is 0.447. The van der Waals surface area contributed by atoms with Gasteiger partial charge < -0.3 is 15.4 Å². The van der Waals surface area contributed by atoms with E-state index < -0.39 is 0 Å². The number of nitrogens with zero attached hydrogens (tertiary/aromatic N) is 1. The highest BCUT2D eigenvalue weighted by Crippen LogP contribution is 2.27. The Hall–Kier alpha value is -0.610. The van der Waals surface area contributed by atoms with Gasteiger partial charge in [0, 0.05) is 25.0 Å². The fraction of sp³-hybridized carbons (Fsp3) is 0.917. The standard InChI is InChI=1S/C12H22N2O2/c1-8-6-14(7-9(2)16-8)12(15)10-3-4-11(13)5-10/h8-11H,3-7,13H2,1-2H3/t8-,9+,10?,11?. The average molecular weight is 226 g/mol. The molecule has 0 spiro atoms. The molecule has 0 aromatic rings. The highest BCUT2D eigenvalue weighted by molar-refractivity contribution is 5.79. The molecule has 0 radical (unpaired) electrons. The van der Waals surface area contributed by atoms with E-state index in [9.17, 15) is 4.79 Å². The second-order valence-electron chi connectivity index (χ2n) is 5.27. The van der Waals surface area contributed by atoms with Gasteiger partial charge in [-0.1, -0.05) is 0 Å². The van der Waals surface area contributed by atoms with E-state index in [1.807, 2.05) is 18.7 Å². The van der Waals surface area contributed by atoms with Crippen LogP contribution < -0.4 is 5.73 Å². The number of carbonyl (C=O) groups is 1. The fourth-order valence-corrected chi connectivity index (χ4v) is 2.86. The van der Waals surface area contributed by atoms with Crippen LogP contribution in [0.4, 0.5) is 0 Å². The van der Waals surface area contributed by atoms with Crippen LogP contribution >= 0.6 is 0 Å². The molecule has 1 aliphatic heterocycles. The minimum atomic E-state index is 0.155. The molecule has 0 bridgehead atoms. The van der Waals surface area contributed by atoms with Crippen LogP contribution in [0.3, 0.4) is 0 Å². The first-order chi connectivity index (χ1) is 7.56. The topological polar surface area (TPSA) is 55.6 Å². The van der Waals surface area contributed by atoms with Crippen LogP contribution in [0.2, 0.25) is 0 Å². The van der Waals surface area contributed by atoms with Gasteiger partial charge in [-0.05, 0) is 33.1 Å². The minimum absolute atomic E-state index is 0.155. The van der Waals surface area contributed by atoms with E-state index in [1.54, 1.807) is 0 Å². The molecule has 1 aliphatic carbocycles. The number of hydrogen-bond donors (Lipinski definition) is 1. The molecule has 4 atom stereocenters. The van der Waals surface area contributed by atoms with E-state index in [1.165, 1.54) is 0 Å². The lowest BCUT2D eigenvalue weighted by molar-refractivity contribution is -0.147. The molecule has 16 heavy (non-hydrogen) atoms. The van der Waals surface area contributed by atoms with E-state index in [0.29, 0.717) is 0 Å². The van der Waals surface area contributed by atoms with Crippen molar-refractivity contribution in [1.29, 1.82) is 0 Å². The van der Waals surface area contributed by atoms with Crippen LogP contribution in [0.15, 0.2) is 0 Å². The van der Waals surface area contributed by atoms with Crippen molar-refractivity contribution in [2.24, 2.45) is 11.7 Å². The molecular weight excluding hydrogens is 204 g/mol. The Morgan fingerprint density at radius 3 is 2.38 bits per heavy atom. The third-order valence-electron chi connectivity index (χ3n) is 3.55. The predicted octanol–water partition coefficient (Wildman–Crippen LogP) is 0.750. The molecule has 2 rings (SSSR count). The largest absolute Gasteiger partial charge is 0.372 e. The van der Waals surface area contributed by atoms with Crippen molar-refractivity contribution in [3.63, 3.8) is 0 Å². The lowest BCUT2D eigenvalue weighted by Gasteiger charge is -2.36. The van der Waals surface area contributed by atoms with E-state index in [-0.39, 0.29) is 30.1 Å². The van der Waals surface area contributed by atoms with Crippen LogP contribution in [0.5, 0.6) is 0 Å². The summed E-state index contributed by atoms with van der Waals surface area (Å²) in [4.78, 5) is 14.2. The quantitative estimate of drug-likeness (QED) is 0.718. The molecule has 1 heterocycles. The summed E-state index contributed by atoms with van der Waals surface area (Å²) < 4.78 is 5.63. The number of morpholine rings is 1. The maximum absolute atomic E-state index is 12.3. The van der Waals surface area contributed by atoms with Crippen molar-refractivity contribution in [2.45, 2.75) is 51.4 Å². The molecule has 2 unspecified atom stereocenters. The Bertz CT molecular complexity index is 260. The first-order valence-corrected chi connectivity index (χ1v) is 6.26. The van der Waals surface area contributed by atoms with Crippen molar-refractivity contribution in [3.05, 3.63) is 0 Å². The zero-order valence-corrected chi connectivity index (χ0v) is 10.2. The molecule has 2 fully saturated rings. The molecule has 92 valence electrons. The molecule has 4 nitrogen and oxygen atoms in total. The van der Waals surface area contributed by atoms with Gasteiger partial charge in [0.05, 0.1) is 12.2 Å². The molecule has 0 aromatic heterocycles. The maximum atomic E-state index is 12.3. The van der Waals surface area contributed by atoms with Crippen LogP contribution in [0.25, 0.3) is 0 Å². The Balaban J connectivity index is 1.93. The third-order valence-corrected chi connectivity index (χ3v) is 3.55. The second kappa shape index (κ2) is 4.72. The molecule has 1 saturated heterocycles. The average Bonchev–Trinajstić information content (AvgIpc) is 2.62. The number of hydrogen-bond acceptors (Lipinski definition) is 3. The zero-order chi connectivity index (χ0) is 11.7. The number of amides is 1. The first-order valence-electron chi connectivity index (χ1n) is 6.26. The predicted molar refractivity (Wildman–Crippen MR) is 61.9 cm³/mol. The molecule has 0 aromatic carbocycles. The fourth-order valence-electron chi connectivity index (χ4n) is 2.86. The highest BCUT2D eigenvalue weighted by atomic mass is 16.5. The normalized spacial score (nSPS) is 40.1. The molecule has 1 saturated carbocycles.